The van der Waals surface area contributed by atoms with Crippen LogP contribution in [-0.4, -0.2) is 16.1 Å². The van der Waals surface area contributed by atoms with Gasteiger partial charge >= 0.3 is 5.97 Å². The first-order valence-electron chi connectivity index (χ1n) is 4.67. The average molecular weight is 234 g/mol. The number of aromatic nitrogens is 1. The Balaban J connectivity index is 2.17. The van der Waals surface area contributed by atoms with Gasteiger partial charge in [-0.2, -0.15) is 0 Å². The Morgan fingerprint density at radius 2 is 2.31 bits per heavy atom. The number of nitrogens with one attached hydrogen (secondary N) is 1. The van der Waals surface area contributed by atoms with E-state index in [4.69, 9.17) is 5.11 Å². The Hall–Kier alpha value is -1.88. The number of hydrogen-bond acceptors (Lipinski definition) is 4. The summed E-state index contributed by atoms with van der Waals surface area (Å²) in [5, 5.41) is 13.9. The van der Waals surface area contributed by atoms with Gasteiger partial charge in [-0.25, -0.2) is 9.78 Å². The van der Waals surface area contributed by atoms with Gasteiger partial charge in [0.1, 0.15) is 0 Å². The molecule has 0 amide bonds. The number of anilines is 2. The second-order valence-corrected chi connectivity index (χ2v) is 4.20. The van der Waals surface area contributed by atoms with Gasteiger partial charge in [-0.15, -0.1) is 11.3 Å². The SMILES string of the molecule is Cc1cccc(Nc2nc(C(=O)O)cs2)c1. The molecule has 0 aliphatic carbocycles. The number of thiazole rings is 1. The summed E-state index contributed by atoms with van der Waals surface area (Å²) in [5.41, 5.74) is 2.12. The van der Waals surface area contributed by atoms with E-state index in [1.807, 2.05) is 31.2 Å². The van der Waals surface area contributed by atoms with Crippen molar-refractivity contribution in [3.8, 4) is 0 Å². The molecule has 5 heteroatoms. The molecule has 0 saturated carbocycles. The summed E-state index contributed by atoms with van der Waals surface area (Å²) in [7, 11) is 0. The standard InChI is InChI=1S/C11H10N2O2S/c1-7-3-2-4-8(5-7)12-11-13-9(6-16-11)10(14)15/h2-6H,1H3,(H,12,13)(H,14,15). The van der Waals surface area contributed by atoms with Crippen LogP contribution in [0.3, 0.4) is 0 Å². The number of rotatable bonds is 3. The lowest BCUT2D eigenvalue weighted by molar-refractivity contribution is 0.0691. The van der Waals surface area contributed by atoms with Gasteiger partial charge < -0.3 is 10.4 Å². The van der Waals surface area contributed by atoms with Gasteiger partial charge in [0.15, 0.2) is 10.8 Å². The molecule has 2 rings (SSSR count). The van der Waals surface area contributed by atoms with Crippen LogP contribution in [0.4, 0.5) is 10.8 Å². The minimum absolute atomic E-state index is 0.0696. The topological polar surface area (TPSA) is 62.2 Å². The van der Waals surface area contributed by atoms with E-state index < -0.39 is 5.97 Å². The molecule has 1 heterocycles. The number of nitrogens with zero attached hydrogens (tertiary/aromatic N) is 1. The Morgan fingerprint density at radius 1 is 1.50 bits per heavy atom. The highest BCUT2D eigenvalue weighted by Crippen LogP contribution is 2.21. The molecule has 16 heavy (non-hydrogen) atoms. The minimum Gasteiger partial charge on any atom is -0.476 e. The number of aryl methyl sites for hydroxylation is 1. The molecule has 0 saturated heterocycles. The fourth-order valence-corrected chi connectivity index (χ4v) is 1.98. The lowest BCUT2D eigenvalue weighted by Crippen LogP contribution is -1.97. The average Bonchev–Trinajstić information content (AvgIpc) is 2.66. The first kappa shape index (κ1) is 10.6. The third-order valence-corrected chi connectivity index (χ3v) is 2.75. The van der Waals surface area contributed by atoms with Gasteiger partial charge in [0.25, 0.3) is 0 Å². The van der Waals surface area contributed by atoms with Crippen molar-refractivity contribution in [2.24, 2.45) is 0 Å². The molecule has 1 aromatic heterocycles. The molecule has 0 fully saturated rings. The number of carbonyl (C=O) groups is 1. The minimum atomic E-state index is -1.01. The van der Waals surface area contributed by atoms with Gasteiger partial charge in [0, 0.05) is 11.1 Å². The van der Waals surface area contributed by atoms with Crippen LogP contribution < -0.4 is 5.32 Å². The Bertz CT molecular complexity index is 522. The summed E-state index contributed by atoms with van der Waals surface area (Å²) < 4.78 is 0. The van der Waals surface area contributed by atoms with Crippen molar-refractivity contribution >= 4 is 28.1 Å². The second-order valence-electron chi connectivity index (χ2n) is 3.34. The van der Waals surface area contributed by atoms with Crippen LogP contribution in [0, 0.1) is 6.92 Å². The van der Waals surface area contributed by atoms with Crippen LogP contribution >= 0.6 is 11.3 Å². The molecular weight excluding hydrogens is 224 g/mol. The van der Waals surface area contributed by atoms with E-state index in [9.17, 15) is 4.79 Å². The number of hydrogen-bond donors (Lipinski definition) is 2. The summed E-state index contributed by atoms with van der Waals surface area (Å²) in [4.78, 5) is 14.6. The van der Waals surface area contributed by atoms with Crippen molar-refractivity contribution in [3.05, 3.63) is 40.9 Å². The van der Waals surface area contributed by atoms with Crippen molar-refractivity contribution in [3.63, 3.8) is 0 Å². The van der Waals surface area contributed by atoms with Crippen molar-refractivity contribution in [1.82, 2.24) is 4.98 Å². The maximum atomic E-state index is 10.6. The zero-order valence-electron chi connectivity index (χ0n) is 8.60. The van der Waals surface area contributed by atoms with E-state index in [1.54, 1.807) is 0 Å². The summed E-state index contributed by atoms with van der Waals surface area (Å²) in [6.45, 7) is 2.00. The normalized spacial score (nSPS) is 10.1. The van der Waals surface area contributed by atoms with Gasteiger partial charge in [0.05, 0.1) is 0 Å². The molecule has 0 atom stereocenters. The zero-order chi connectivity index (χ0) is 11.5. The number of carboxylic acid groups (broad SMARTS) is 1. The highest BCUT2D eigenvalue weighted by molar-refractivity contribution is 7.14. The van der Waals surface area contributed by atoms with E-state index >= 15 is 0 Å². The van der Waals surface area contributed by atoms with Crippen LogP contribution in [0.1, 0.15) is 16.1 Å². The maximum absolute atomic E-state index is 10.6. The summed E-state index contributed by atoms with van der Waals surface area (Å²) >= 11 is 1.28. The van der Waals surface area contributed by atoms with Crippen molar-refractivity contribution in [2.45, 2.75) is 6.92 Å². The second kappa shape index (κ2) is 4.32. The Labute approximate surface area is 96.6 Å². The molecule has 0 radical (unpaired) electrons. The Morgan fingerprint density at radius 3 is 2.94 bits per heavy atom. The number of benzene rings is 1. The van der Waals surface area contributed by atoms with Gasteiger partial charge in [-0.1, -0.05) is 12.1 Å². The van der Waals surface area contributed by atoms with Gasteiger partial charge in [-0.05, 0) is 24.6 Å². The first-order valence-corrected chi connectivity index (χ1v) is 5.55. The largest absolute Gasteiger partial charge is 0.476 e. The number of aromatic carboxylic acids is 1. The molecule has 1 aromatic carbocycles. The number of carboxylic acids is 1. The quantitative estimate of drug-likeness (QED) is 0.857. The van der Waals surface area contributed by atoms with Crippen LogP contribution in [0.25, 0.3) is 0 Å². The van der Waals surface area contributed by atoms with Crippen molar-refractivity contribution in [1.29, 1.82) is 0 Å². The molecule has 2 aromatic rings. The predicted molar refractivity (Wildman–Crippen MR) is 63.5 cm³/mol. The predicted octanol–water partition coefficient (Wildman–Crippen LogP) is 2.89. The molecule has 2 N–H and O–H groups in total. The van der Waals surface area contributed by atoms with Gasteiger partial charge in [-0.3, -0.25) is 0 Å². The van der Waals surface area contributed by atoms with E-state index in [2.05, 4.69) is 10.3 Å². The molecule has 4 nitrogen and oxygen atoms in total. The first-order chi connectivity index (χ1) is 7.65. The monoisotopic (exact) mass is 234 g/mol. The van der Waals surface area contributed by atoms with E-state index in [1.165, 1.54) is 16.7 Å². The highest BCUT2D eigenvalue weighted by atomic mass is 32.1. The Kier molecular flexibility index (Phi) is 2.87. The van der Waals surface area contributed by atoms with E-state index in [0.29, 0.717) is 5.13 Å². The lowest BCUT2D eigenvalue weighted by atomic mass is 10.2. The molecule has 0 aliphatic rings. The van der Waals surface area contributed by atoms with E-state index in [-0.39, 0.29) is 5.69 Å². The van der Waals surface area contributed by atoms with Crippen molar-refractivity contribution < 1.29 is 9.90 Å². The molecule has 0 spiro atoms. The van der Waals surface area contributed by atoms with Crippen LogP contribution in [0.5, 0.6) is 0 Å². The van der Waals surface area contributed by atoms with Crippen molar-refractivity contribution in [2.75, 3.05) is 5.32 Å². The van der Waals surface area contributed by atoms with Crippen LogP contribution in [0.15, 0.2) is 29.6 Å². The highest BCUT2D eigenvalue weighted by Gasteiger charge is 2.08. The lowest BCUT2D eigenvalue weighted by Gasteiger charge is -2.02. The third-order valence-electron chi connectivity index (χ3n) is 1.99. The van der Waals surface area contributed by atoms with Crippen LogP contribution in [-0.2, 0) is 0 Å². The fraction of sp³-hybridized carbons (Fsp3) is 0.0909. The van der Waals surface area contributed by atoms with Crippen LogP contribution in [0.2, 0.25) is 0 Å². The molecule has 0 aliphatic heterocycles. The maximum Gasteiger partial charge on any atom is 0.355 e. The summed E-state index contributed by atoms with van der Waals surface area (Å²) in [6.07, 6.45) is 0. The molecule has 82 valence electrons. The summed E-state index contributed by atoms with van der Waals surface area (Å²) in [6, 6.07) is 7.82. The fourth-order valence-electron chi connectivity index (χ4n) is 1.28. The molecular formula is C11H10N2O2S. The molecule has 0 bridgehead atoms. The summed E-state index contributed by atoms with van der Waals surface area (Å²) in [5.74, 6) is -1.01. The zero-order valence-corrected chi connectivity index (χ0v) is 9.41. The van der Waals surface area contributed by atoms with E-state index in [0.717, 1.165) is 11.3 Å². The third kappa shape index (κ3) is 2.38. The van der Waals surface area contributed by atoms with Gasteiger partial charge in [0.2, 0.25) is 0 Å². The molecule has 0 unspecified atom stereocenters. The smallest absolute Gasteiger partial charge is 0.355 e.